The summed E-state index contributed by atoms with van der Waals surface area (Å²) in [6.45, 7) is 2.44. The molecule has 0 radical (unpaired) electrons. The lowest BCUT2D eigenvalue weighted by molar-refractivity contribution is 0.328. The Hall–Kier alpha value is -2.35. The van der Waals surface area contributed by atoms with Crippen LogP contribution >= 0.6 is 0 Å². The van der Waals surface area contributed by atoms with Crippen LogP contribution in [0.3, 0.4) is 0 Å². The average Bonchev–Trinajstić information content (AvgIpc) is 3.22. The van der Waals surface area contributed by atoms with Crippen molar-refractivity contribution in [1.82, 2.24) is 14.8 Å². The molecule has 0 amide bonds. The Morgan fingerprint density at radius 2 is 2.21 bits per heavy atom. The smallest absolute Gasteiger partial charge is 0.295 e. The van der Waals surface area contributed by atoms with Gasteiger partial charge in [0.05, 0.1) is 23.2 Å². The summed E-state index contributed by atoms with van der Waals surface area (Å²) >= 11 is 0. The average molecular weight is 346 g/mol. The Morgan fingerprint density at radius 3 is 2.96 bits per heavy atom. The van der Waals surface area contributed by atoms with Gasteiger partial charge >= 0.3 is 0 Å². The lowest BCUT2D eigenvalue weighted by Crippen LogP contribution is -2.31. The third-order valence-electron chi connectivity index (χ3n) is 4.41. The number of anilines is 1. The number of nitrogens with one attached hydrogen (secondary N) is 1. The van der Waals surface area contributed by atoms with E-state index in [1.165, 1.54) is 0 Å². The summed E-state index contributed by atoms with van der Waals surface area (Å²) in [7, 11) is -2.96. The fourth-order valence-electron chi connectivity index (χ4n) is 3.05. The Bertz CT molecular complexity index is 959. The number of oxazole rings is 1. The fraction of sp³-hybridized carbons (Fsp3) is 0.375. The summed E-state index contributed by atoms with van der Waals surface area (Å²) in [5, 5.41) is 7.49. The van der Waals surface area contributed by atoms with E-state index in [4.69, 9.17) is 4.42 Å². The Kier molecular flexibility index (Phi) is 3.38. The van der Waals surface area contributed by atoms with Crippen molar-refractivity contribution in [2.24, 2.45) is 0 Å². The molecule has 126 valence electrons. The van der Waals surface area contributed by atoms with Crippen molar-refractivity contribution in [2.75, 3.05) is 16.8 Å². The maximum Gasteiger partial charge on any atom is 0.295 e. The summed E-state index contributed by atoms with van der Waals surface area (Å²) in [6, 6.07) is 8.03. The summed E-state index contributed by atoms with van der Waals surface area (Å²) < 4.78 is 30.9. The van der Waals surface area contributed by atoms with E-state index < -0.39 is 15.4 Å². The highest BCUT2D eigenvalue weighted by atomic mass is 32.2. The molecule has 3 heterocycles. The van der Waals surface area contributed by atoms with Gasteiger partial charge < -0.3 is 9.73 Å². The van der Waals surface area contributed by atoms with Crippen LogP contribution in [0, 0.1) is 0 Å². The van der Waals surface area contributed by atoms with Gasteiger partial charge in [0.1, 0.15) is 5.52 Å². The van der Waals surface area contributed by atoms with E-state index in [9.17, 15) is 8.42 Å². The van der Waals surface area contributed by atoms with Crippen molar-refractivity contribution < 1.29 is 12.8 Å². The molecule has 8 heteroatoms. The van der Waals surface area contributed by atoms with Gasteiger partial charge in [0.15, 0.2) is 15.4 Å². The first-order valence-electron chi connectivity index (χ1n) is 7.78. The van der Waals surface area contributed by atoms with Crippen LogP contribution in [0.4, 0.5) is 6.01 Å². The van der Waals surface area contributed by atoms with E-state index >= 15 is 0 Å². The molecule has 3 aromatic rings. The molecule has 1 fully saturated rings. The van der Waals surface area contributed by atoms with Crippen molar-refractivity contribution in [3.05, 3.63) is 42.2 Å². The molecular formula is C16H18N4O3S. The van der Waals surface area contributed by atoms with Crippen LogP contribution in [0.15, 0.2) is 41.1 Å². The molecule has 0 spiro atoms. The number of hydrogen-bond donors (Lipinski definition) is 1. The zero-order chi connectivity index (χ0) is 16.8. The number of nitrogens with zero attached hydrogens (tertiary/aromatic N) is 3. The second-order valence-electron chi connectivity index (χ2n) is 6.47. The molecule has 24 heavy (non-hydrogen) atoms. The van der Waals surface area contributed by atoms with E-state index in [0.717, 1.165) is 16.7 Å². The van der Waals surface area contributed by atoms with Crippen LogP contribution < -0.4 is 5.32 Å². The highest BCUT2D eigenvalue weighted by molar-refractivity contribution is 7.91. The van der Waals surface area contributed by atoms with E-state index in [1.807, 2.05) is 37.4 Å². The van der Waals surface area contributed by atoms with Crippen LogP contribution in [-0.2, 0) is 21.9 Å². The SMILES string of the molecule is C[C@]1(n2cc(CNc3nc4ccccc4o3)cn2)CCS(=O)(=O)C1. The second-order valence-corrected chi connectivity index (χ2v) is 8.66. The third-order valence-corrected chi connectivity index (χ3v) is 6.30. The molecule has 0 unspecified atom stereocenters. The number of hydrogen-bond acceptors (Lipinski definition) is 6. The monoisotopic (exact) mass is 346 g/mol. The molecule has 1 N–H and O–H groups in total. The van der Waals surface area contributed by atoms with Crippen LogP contribution in [0.1, 0.15) is 18.9 Å². The molecule has 0 saturated carbocycles. The van der Waals surface area contributed by atoms with Gasteiger partial charge in [-0.05, 0) is 25.5 Å². The Morgan fingerprint density at radius 1 is 1.38 bits per heavy atom. The first kappa shape index (κ1) is 15.2. The van der Waals surface area contributed by atoms with Gasteiger partial charge in [-0.2, -0.15) is 10.1 Å². The van der Waals surface area contributed by atoms with E-state index in [-0.39, 0.29) is 11.5 Å². The summed E-state index contributed by atoms with van der Waals surface area (Å²) in [6.07, 6.45) is 4.22. The Balaban J connectivity index is 1.47. The number of fused-ring (bicyclic) bond motifs is 1. The third kappa shape index (κ3) is 2.77. The molecule has 1 aromatic carbocycles. The van der Waals surface area contributed by atoms with E-state index in [2.05, 4.69) is 15.4 Å². The van der Waals surface area contributed by atoms with Gasteiger partial charge in [0.25, 0.3) is 6.01 Å². The standard InChI is InChI=1S/C16H18N4O3S/c1-16(6-7-24(21,22)11-16)20-10-12(9-18-20)8-17-15-19-13-4-2-3-5-14(13)23-15/h2-5,9-10H,6-8,11H2,1H3,(H,17,19)/t16-/m0/s1. The maximum atomic E-state index is 11.7. The van der Waals surface area contributed by atoms with Crippen molar-refractivity contribution in [3.63, 3.8) is 0 Å². The van der Waals surface area contributed by atoms with E-state index in [1.54, 1.807) is 10.9 Å². The molecule has 2 aromatic heterocycles. The van der Waals surface area contributed by atoms with Crippen LogP contribution in [0.25, 0.3) is 11.1 Å². The molecule has 7 nitrogen and oxygen atoms in total. The molecule has 0 bridgehead atoms. The van der Waals surface area contributed by atoms with E-state index in [0.29, 0.717) is 19.0 Å². The highest BCUT2D eigenvalue weighted by Gasteiger charge is 2.40. The Labute approximate surface area is 139 Å². The van der Waals surface area contributed by atoms with Gasteiger partial charge in [-0.3, -0.25) is 4.68 Å². The second kappa shape index (κ2) is 5.34. The molecule has 1 atom stereocenters. The van der Waals surface area contributed by atoms with Crippen molar-refractivity contribution in [2.45, 2.75) is 25.4 Å². The highest BCUT2D eigenvalue weighted by Crippen LogP contribution is 2.30. The largest absolute Gasteiger partial charge is 0.424 e. The van der Waals surface area contributed by atoms with Crippen molar-refractivity contribution in [1.29, 1.82) is 0 Å². The molecular weight excluding hydrogens is 328 g/mol. The topological polar surface area (TPSA) is 90.0 Å². The number of aromatic nitrogens is 3. The normalized spacial score (nSPS) is 22.9. The lowest BCUT2D eigenvalue weighted by Gasteiger charge is -2.22. The summed E-state index contributed by atoms with van der Waals surface area (Å²) in [5.74, 6) is 0.361. The first-order valence-corrected chi connectivity index (χ1v) is 9.60. The summed E-state index contributed by atoms with van der Waals surface area (Å²) in [4.78, 5) is 4.36. The number of benzene rings is 1. The zero-order valence-corrected chi connectivity index (χ0v) is 14.1. The predicted molar refractivity (Wildman–Crippen MR) is 90.5 cm³/mol. The van der Waals surface area contributed by atoms with Gasteiger partial charge in [-0.1, -0.05) is 12.1 Å². The molecule has 1 saturated heterocycles. The van der Waals surface area contributed by atoms with Crippen molar-refractivity contribution >= 4 is 27.0 Å². The quantitative estimate of drug-likeness (QED) is 0.779. The first-order chi connectivity index (χ1) is 11.4. The molecule has 1 aliphatic heterocycles. The minimum Gasteiger partial charge on any atom is -0.424 e. The minimum absolute atomic E-state index is 0.139. The van der Waals surface area contributed by atoms with Crippen LogP contribution in [0.5, 0.6) is 0 Å². The van der Waals surface area contributed by atoms with Crippen LogP contribution in [-0.4, -0.2) is 34.7 Å². The van der Waals surface area contributed by atoms with Gasteiger partial charge in [0.2, 0.25) is 0 Å². The minimum atomic E-state index is -2.96. The zero-order valence-electron chi connectivity index (χ0n) is 13.3. The van der Waals surface area contributed by atoms with Crippen LogP contribution in [0.2, 0.25) is 0 Å². The van der Waals surface area contributed by atoms with Gasteiger partial charge in [-0.25, -0.2) is 8.42 Å². The number of para-hydroxylation sites is 2. The maximum absolute atomic E-state index is 11.7. The lowest BCUT2D eigenvalue weighted by atomic mass is 10.0. The molecule has 1 aliphatic rings. The fourth-order valence-corrected chi connectivity index (χ4v) is 5.17. The molecule has 0 aliphatic carbocycles. The summed E-state index contributed by atoms with van der Waals surface area (Å²) in [5.41, 5.74) is 2.02. The van der Waals surface area contributed by atoms with Gasteiger partial charge in [-0.15, -0.1) is 0 Å². The number of rotatable bonds is 4. The van der Waals surface area contributed by atoms with Crippen molar-refractivity contribution in [3.8, 4) is 0 Å². The predicted octanol–water partition coefficient (Wildman–Crippen LogP) is 2.17. The van der Waals surface area contributed by atoms with Gasteiger partial charge in [0, 0.05) is 18.3 Å². The molecule has 4 rings (SSSR count). The number of sulfone groups is 1.